The van der Waals surface area contributed by atoms with Crippen molar-refractivity contribution in [2.24, 2.45) is 5.92 Å². The van der Waals surface area contributed by atoms with Crippen molar-refractivity contribution in [1.82, 2.24) is 9.88 Å². The minimum Gasteiger partial charge on any atom is -0.306 e. The molecule has 0 bridgehead atoms. The van der Waals surface area contributed by atoms with Crippen LogP contribution in [0.15, 0.2) is 18.2 Å². The molecule has 1 fully saturated rings. The van der Waals surface area contributed by atoms with Crippen LogP contribution in [0.3, 0.4) is 0 Å². The van der Waals surface area contributed by atoms with Crippen LogP contribution in [-0.4, -0.2) is 41.7 Å². The molecule has 0 unspecified atom stereocenters. The highest BCUT2D eigenvalue weighted by Gasteiger charge is 2.34. The number of carbonyl (C=O) groups excluding carboxylic acids is 2. The van der Waals surface area contributed by atoms with Crippen molar-refractivity contribution < 1.29 is 36.0 Å². The van der Waals surface area contributed by atoms with Gasteiger partial charge in [-0.1, -0.05) is 10.5 Å². The maximum absolute atomic E-state index is 14.5. The maximum Gasteiger partial charge on any atom is 0.294 e. The first-order valence-electron chi connectivity index (χ1n) is 8.85. The van der Waals surface area contributed by atoms with Crippen molar-refractivity contribution in [2.45, 2.75) is 12.8 Å². The lowest BCUT2D eigenvalue weighted by Crippen LogP contribution is -2.34. The predicted octanol–water partition coefficient (Wildman–Crippen LogP) is 3.83. The Labute approximate surface area is 166 Å². The fourth-order valence-corrected chi connectivity index (χ4v) is 3.14. The first-order chi connectivity index (χ1) is 14.1. The molecule has 5 nitrogen and oxygen atoms in total. The van der Waals surface area contributed by atoms with E-state index in [-0.39, 0.29) is 11.6 Å². The van der Waals surface area contributed by atoms with E-state index in [9.17, 15) is 36.0 Å². The minimum absolute atomic E-state index is 0.185. The van der Waals surface area contributed by atoms with Crippen LogP contribution in [0.2, 0.25) is 0 Å². The van der Waals surface area contributed by atoms with Crippen molar-refractivity contribution >= 4 is 17.5 Å². The molecule has 1 saturated heterocycles. The first kappa shape index (κ1) is 21.8. The Morgan fingerprint density at radius 1 is 0.967 bits per heavy atom. The topological polar surface area (TPSA) is 53.5 Å². The number of likely N-dealkylation sites (tertiary alicyclic amines) is 1. The lowest BCUT2D eigenvalue weighted by molar-refractivity contribution is 0.0848. The molecular formula is C19H15F6N3O2. The molecule has 30 heavy (non-hydrogen) atoms. The molecule has 0 N–H and O–H groups in total. The van der Waals surface area contributed by atoms with Gasteiger partial charge in [0, 0.05) is 5.92 Å². The van der Waals surface area contributed by atoms with Gasteiger partial charge in [-0.2, -0.15) is 0 Å². The molecule has 0 radical (unpaired) electrons. The molecule has 0 spiro atoms. The van der Waals surface area contributed by atoms with Crippen LogP contribution in [0, 0.1) is 35.0 Å². The highest BCUT2D eigenvalue weighted by molar-refractivity contribution is 6.05. The van der Waals surface area contributed by atoms with E-state index in [0.717, 1.165) is 6.07 Å². The first-order valence-corrected chi connectivity index (χ1v) is 8.85. The van der Waals surface area contributed by atoms with Gasteiger partial charge in [-0.05, 0) is 45.1 Å². The molecule has 1 aromatic carbocycles. The van der Waals surface area contributed by atoms with E-state index in [1.54, 1.807) is 0 Å². The normalized spacial score (nSPS) is 15.3. The van der Waals surface area contributed by atoms with Crippen LogP contribution in [0.4, 0.5) is 32.3 Å². The van der Waals surface area contributed by atoms with E-state index >= 15 is 0 Å². The largest absolute Gasteiger partial charge is 0.306 e. The maximum atomic E-state index is 14.5. The number of hydrogen-bond acceptors (Lipinski definition) is 4. The second-order valence-electron chi connectivity index (χ2n) is 6.85. The van der Waals surface area contributed by atoms with Gasteiger partial charge < -0.3 is 4.90 Å². The van der Waals surface area contributed by atoms with E-state index in [0.29, 0.717) is 25.9 Å². The van der Waals surface area contributed by atoms with Crippen LogP contribution in [0.1, 0.15) is 33.7 Å². The summed E-state index contributed by atoms with van der Waals surface area (Å²) >= 11 is 0. The third-order valence-corrected chi connectivity index (χ3v) is 4.88. The molecule has 3 rings (SSSR count). The SMILES string of the molecule is CN1CCC(C(=O)c2cccc(N(F)C(=O)c3c(F)c(F)c(F)c(F)c3F)n2)CC1. The van der Waals surface area contributed by atoms with Crippen LogP contribution < -0.4 is 5.12 Å². The molecule has 1 aromatic heterocycles. The summed E-state index contributed by atoms with van der Waals surface area (Å²) in [6.07, 6.45) is 1.09. The minimum atomic E-state index is -2.48. The van der Waals surface area contributed by atoms with Crippen LogP contribution in [0.25, 0.3) is 0 Å². The number of amides is 1. The van der Waals surface area contributed by atoms with Crippen molar-refractivity contribution in [3.63, 3.8) is 0 Å². The summed E-state index contributed by atoms with van der Waals surface area (Å²) in [7, 11) is 1.89. The molecule has 0 saturated carbocycles. The number of hydrogen-bond donors (Lipinski definition) is 0. The Balaban J connectivity index is 1.90. The Bertz CT molecular complexity index is 979. The molecule has 160 valence electrons. The standard InChI is InChI=1S/C19H15F6N3O2/c1-27-7-5-9(6-8-27)18(29)10-3-2-4-11(26-10)28(25)19(30)12-13(20)15(22)17(24)16(23)14(12)21/h2-4,9H,5-8H2,1H3. The number of carbonyl (C=O) groups is 2. The zero-order chi connectivity index (χ0) is 22.2. The average Bonchev–Trinajstić information content (AvgIpc) is 2.76. The van der Waals surface area contributed by atoms with Crippen LogP contribution in [0.5, 0.6) is 0 Å². The Morgan fingerprint density at radius 2 is 1.50 bits per heavy atom. The summed E-state index contributed by atoms with van der Waals surface area (Å²) in [5.74, 6) is -16.0. The Morgan fingerprint density at radius 3 is 2.07 bits per heavy atom. The molecule has 1 amide bonds. The number of Topliss-reactive ketones (excluding diaryl/α,β-unsaturated/α-hetero) is 1. The fourth-order valence-electron chi connectivity index (χ4n) is 3.14. The highest BCUT2D eigenvalue weighted by atomic mass is 19.2. The molecule has 1 aliphatic heterocycles. The number of anilines is 1. The molecule has 2 heterocycles. The molecule has 11 heteroatoms. The van der Waals surface area contributed by atoms with Gasteiger partial charge in [0.2, 0.25) is 5.82 Å². The zero-order valence-corrected chi connectivity index (χ0v) is 15.6. The molecular weight excluding hydrogens is 416 g/mol. The van der Waals surface area contributed by atoms with Crippen molar-refractivity contribution in [1.29, 1.82) is 0 Å². The van der Waals surface area contributed by atoms with Crippen molar-refractivity contribution in [2.75, 3.05) is 25.3 Å². The van der Waals surface area contributed by atoms with Gasteiger partial charge in [0.15, 0.2) is 34.9 Å². The van der Waals surface area contributed by atoms with Gasteiger partial charge in [0.1, 0.15) is 11.3 Å². The average molecular weight is 431 g/mol. The second-order valence-corrected chi connectivity index (χ2v) is 6.85. The summed E-state index contributed by atoms with van der Waals surface area (Å²) in [4.78, 5) is 30.4. The number of rotatable bonds is 4. The van der Waals surface area contributed by atoms with Gasteiger partial charge in [-0.15, -0.1) is 5.12 Å². The molecule has 2 aromatic rings. The summed E-state index contributed by atoms with van der Waals surface area (Å²) in [6, 6.07) is 3.37. The summed E-state index contributed by atoms with van der Waals surface area (Å²) in [6.45, 7) is 1.34. The van der Waals surface area contributed by atoms with E-state index in [1.165, 1.54) is 12.1 Å². The third kappa shape index (κ3) is 3.89. The molecule has 1 aliphatic rings. The summed E-state index contributed by atoms with van der Waals surface area (Å²) in [5, 5.41) is -0.871. The highest BCUT2D eigenvalue weighted by Crippen LogP contribution is 2.27. The lowest BCUT2D eigenvalue weighted by Gasteiger charge is -2.27. The van der Waals surface area contributed by atoms with Gasteiger partial charge in [0.05, 0.1) is 0 Å². The van der Waals surface area contributed by atoms with Crippen LogP contribution in [-0.2, 0) is 0 Å². The van der Waals surface area contributed by atoms with E-state index in [2.05, 4.69) is 4.98 Å². The van der Waals surface area contributed by atoms with Crippen molar-refractivity contribution in [3.8, 4) is 0 Å². The molecule has 0 aliphatic carbocycles. The van der Waals surface area contributed by atoms with Crippen LogP contribution >= 0.6 is 0 Å². The van der Waals surface area contributed by atoms with Gasteiger partial charge >= 0.3 is 0 Å². The number of aromatic nitrogens is 1. The second kappa shape index (κ2) is 8.42. The van der Waals surface area contributed by atoms with Crippen molar-refractivity contribution in [3.05, 3.63) is 58.5 Å². The number of nitrogens with zero attached hydrogens (tertiary/aromatic N) is 3. The van der Waals surface area contributed by atoms with Gasteiger partial charge in [0.25, 0.3) is 5.91 Å². The monoisotopic (exact) mass is 431 g/mol. The summed E-state index contributed by atoms with van der Waals surface area (Å²) < 4.78 is 81.9. The van der Waals surface area contributed by atoms with E-state index in [4.69, 9.17) is 0 Å². The lowest BCUT2D eigenvalue weighted by atomic mass is 9.91. The Hall–Kier alpha value is -2.95. The van der Waals surface area contributed by atoms with E-state index in [1.807, 2.05) is 11.9 Å². The fraction of sp³-hybridized carbons (Fsp3) is 0.316. The van der Waals surface area contributed by atoms with E-state index < -0.39 is 57.3 Å². The van der Waals surface area contributed by atoms with Gasteiger partial charge in [-0.3, -0.25) is 9.59 Å². The quantitative estimate of drug-likeness (QED) is 0.243. The van der Waals surface area contributed by atoms with Gasteiger partial charge in [-0.25, -0.2) is 26.9 Å². The summed E-state index contributed by atoms with van der Waals surface area (Å²) in [5.41, 5.74) is -2.15. The third-order valence-electron chi connectivity index (χ3n) is 4.88. The number of benzene rings is 1. The number of ketones is 1. The number of halogens is 6. The zero-order valence-electron chi connectivity index (χ0n) is 15.6. The Kier molecular flexibility index (Phi) is 6.11. The number of pyridine rings is 1. The smallest absolute Gasteiger partial charge is 0.294 e. The number of piperidine rings is 1. The predicted molar refractivity (Wildman–Crippen MR) is 92.9 cm³/mol. The molecule has 0 atom stereocenters.